The van der Waals surface area contributed by atoms with Crippen molar-refractivity contribution in [1.29, 1.82) is 0 Å². The zero-order chi connectivity index (χ0) is 20.3. The Morgan fingerprint density at radius 2 is 2.04 bits per heavy atom. The second-order valence-corrected chi connectivity index (χ2v) is 6.24. The predicted octanol–water partition coefficient (Wildman–Crippen LogP) is 2.63. The molecule has 9 heteroatoms. The highest BCUT2D eigenvalue weighted by molar-refractivity contribution is 6.03. The molecule has 0 aliphatic carbocycles. The first-order valence-electron chi connectivity index (χ1n) is 8.78. The third kappa shape index (κ3) is 3.78. The molecule has 2 atom stereocenters. The van der Waals surface area contributed by atoms with Crippen LogP contribution in [0.15, 0.2) is 42.5 Å². The number of hydrogen-bond acceptors (Lipinski definition) is 7. The monoisotopic (exact) mass is 385 g/mol. The predicted molar refractivity (Wildman–Crippen MR) is 98.8 cm³/mol. The van der Waals surface area contributed by atoms with E-state index >= 15 is 0 Å². The highest BCUT2D eigenvalue weighted by Crippen LogP contribution is 2.36. The molecule has 0 fully saturated rings. The van der Waals surface area contributed by atoms with E-state index in [1.54, 1.807) is 6.92 Å². The van der Waals surface area contributed by atoms with Gasteiger partial charge in [-0.1, -0.05) is 37.3 Å². The van der Waals surface area contributed by atoms with Crippen molar-refractivity contribution in [3.63, 3.8) is 0 Å². The summed E-state index contributed by atoms with van der Waals surface area (Å²) in [5, 5.41) is 11.1. The molecule has 0 saturated carbocycles. The van der Waals surface area contributed by atoms with Crippen LogP contribution < -0.4 is 9.64 Å². The quantitative estimate of drug-likeness (QED) is 0.427. The molecule has 0 bridgehead atoms. The lowest BCUT2D eigenvalue weighted by molar-refractivity contribution is -0.389. The smallest absolute Gasteiger partial charge is 0.366 e. The van der Waals surface area contributed by atoms with Crippen LogP contribution in [0.1, 0.15) is 25.8 Å². The fourth-order valence-corrected chi connectivity index (χ4v) is 2.84. The standard InChI is InChI=1S/C19H19N3O6/c1-3-14-18(23)21(17-15(28-14)9-10-16(20-17)22(25)26)12(2)19(24)27-11-13-7-5-4-6-8-13/h4-10,12,14H,3,11H2,1-2H3. The molecule has 2 heterocycles. The maximum Gasteiger partial charge on any atom is 0.366 e. The molecule has 0 spiro atoms. The SMILES string of the molecule is CCC1Oc2ccc([N+](=O)[O-])nc2N(C(C)C(=O)OCc2ccccc2)C1=O. The van der Waals surface area contributed by atoms with Crippen LogP contribution in [-0.4, -0.2) is 33.9 Å². The van der Waals surface area contributed by atoms with E-state index in [4.69, 9.17) is 9.47 Å². The normalized spacial score (nSPS) is 16.7. The van der Waals surface area contributed by atoms with Gasteiger partial charge in [-0.2, -0.15) is 0 Å². The van der Waals surface area contributed by atoms with E-state index in [2.05, 4.69) is 4.98 Å². The van der Waals surface area contributed by atoms with Gasteiger partial charge in [-0.05, 0) is 34.9 Å². The summed E-state index contributed by atoms with van der Waals surface area (Å²) >= 11 is 0. The third-order valence-corrected chi connectivity index (χ3v) is 4.35. The van der Waals surface area contributed by atoms with Crippen LogP contribution in [0.25, 0.3) is 0 Å². The van der Waals surface area contributed by atoms with Crippen LogP contribution in [-0.2, 0) is 20.9 Å². The zero-order valence-corrected chi connectivity index (χ0v) is 15.4. The van der Waals surface area contributed by atoms with E-state index in [1.807, 2.05) is 30.3 Å². The van der Waals surface area contributed by atoms with Crippen molar-refractivity contribution in [3.8, 4) is 5.75 Å². The van der Waals surface area contributed by atoms with Crippen molar-refractivity contribution >= 4 is 23.5 Å². The first kappa shape index (κ1) is 19.3. The number of nitrogens with zero attached hydrogens (tertiary/aromatic N) is 3. The van der Waals surface area contributed by atoms with Gasteiger partial charge in [-0.25, -0.2) is 4.79 Å². The second-order valence-electron chi connectivity index (χ2n) is 6.24. The molecule has 1 amide bonds. The number of hydrogen-bond donors (Lipinski definition) is 0. The minimum absolute atomic E-state index is 0.0506. The molecule has 9 nitrogen and oxygen atoms in total. The number of carbonyl (C=O) groups is 2. The maximum atomic E-state index is 12.8. The van der Waals surface area contributed by atoms with Crippen molar-refractivity contribution in [3.05, 3.63) is 58.1 Å². The Hall–Kier alpha value is -3.49. The highest BCUT2D eigenvalue weighted by atomic mass is 16.6. The van der Waals surface area contributed by atoms with Crippen LogP contribution in [0.5, 0.6) is 5.75 Å². The Kier molecular flexibility index (Phi) is 5.53. The van der Waals surface area contributed by atoms with Gasteiger partial charge in [0.1, 0.15) is 12.6 Å². The number of carbonyl (C=O) groups excluding carboxylic acids is 2. The number of pyridine rings is 1. The molecule has 28 heavy (non-hydrogen) atoms. The molecule has 2 aromatic rings. The largest absolute Gasteiger partial charge is 0.474 e. The molecular formula is C19H19N3O6. The lowest BCUT2D eigenvalue weighted by Gasteiger charge is -2.33. The van der Waals surface area contributed by atoms with Crippen molar-refractivity contribution in [2.75, 3.05) is 4.90 Å². The Balaban J connectivity index is 1.87. The number of esters is 1. The minimum Gasteiger partial charge on any atom is -0.474 e. The van der Waals surface area contributed by atoms with E-state index in [0.717, 1.165) is 10.5 Å². The number of benzene rings is 1. The average molecular weight is 385 g/mol. The summed E-state index contributed by atoms with van der Waals surface area (Å²) in [6, 6.07) is 10.7. The Labute approximate surface area is 161 Å². The van der Waals surface area contributed by atoms with Gasteiger partial charge in [0.2, 0.25) is 0 Å². The van der Waals surface area contributed by atoms with Crippen molar-refractivity contribution in [2.45, 2.75) is 39.0 Å². The first-order valence-corrected chi connectivity index (χ1v) is 8.78. The molecule has 3 rings (SSSR count). The van der Waals surface area contributed by atoms with Gasteiger partial charge in [0, 0.05) is 6.07 Å². The van der Waals surface area contributed by atoms with Gasteiger partial charge in [-0.15, -0.1) is 0 Å². The van der Waals surface area contributed by atoms with Crippen LogP contribution in [0.4, 0.5) is 11.6 Å². The molecule has 0 radical (unpaired) electrons. The summed E-state index contributed by atoms with van der Waals surface area (Å²) in [5.41, 5.74) is 0.803. The van der Waals surface area contributed by atoms with Crippen molar-refractivity contribution < 1.29 is 24.0 Å². The van der Waals surface area contributed by atoms with Gasteiger partial charge >= 0.3 is 11.8 Å². The summed E-state index contributed by atoms with van der Waals surface area (Å²) < 4.78 is 10.9. The van der Waals surface area contributed by atoms with E-state index in [0.29, 0.717) is 6.42 Å². The third-order valence-electron chi connectivity index (χ3n) is 4.35. The minimum atomic E-state index is -1.03. The molecule has 2 unspecified atom stereocenters. The van der Waals surface area contributed by atoms with Gasteiger partial charge in [0.25, 0.3) is 11.7 Å². The van der Waals surface area contributed by atoms with Crippen LogP contribution in [0.3, 0.4) is 0 Å². The van der Waals surface area contributed by atoms with Crippen LogP contribution >= 0.6 is 0 Å². The zero-order valence-electron chi connectivity index (χ0n) is 15.4. The number of aromatic nitrogens is 1. The molecule has 1 aliphatic heterocycles. The van der Waals surface area contributed by atoms with E-state index < -0.39 is 34.8 Å². The summed E-state index contributed by atoms with van der Waals surface area (Å²) in [7, 11) is 0. The molecule has 0 saturated heterocycles. The van der Waals surface area contributed by atoms with Gasteiger partial charge < -0.3 is 19.6 Å². The van der Waals surface area contributed by atoms with Crippen LogP contribution in [0.2, 0.25) is 0 Å². The topological polar surface area (TPSA) is 112 Å². The number of fused-ring (bicyclic) bond motifs is 1. The second kappa shape index (κ2) is 8.03. The molecule has 146 valence electrons. The fourth-order valence-electron chi connectivity index (χ4n) is 2.84. The van der Waals surface area contributed by atoms with E-state index in [9.17, 15) is 19.7 Å². The Bertz CT molecular complexity index is 902. The van der Waals surface area contributed by atoms with E-state index in [1.165, 1.54) is 19.1 Å². The summed E-state index contributed by atoms with van der Waals surface area (Å²) in [5.74, 6) is -1.44. The van der Waals surface area contributed by atoms with Crippen molar-refractivity contribution in [2.24, 2.45) is 0 Å². The summed E-state index contributed by atoms with van der Waals surface area (Å²) in [4.78, 5) is 40.8. The molecular weight excluding hydrogens is 366 g/mol. The number of ether oxygens (including phenoxy) is 2. The average Bonchev–Trinajstić information content (AvgIpc) is 2.71. The number of amides is 1. The first-order chi connectivity index (χ1) is 13.4. The lowest BCUT2D eigenvalue weighted by Crippen LogP contribution is -2.53. The molecule has 1 aromatic carbocycles. The van der Waals surface area contributed by atoms with Gasteiger partial charge in [0.05, 0.1) is 0 Å². The van der Waals surface area contributed by atoms with Crippen LogP contribution in [0, 0.1) is 10.1 Å². The van der Waals surface area contributed by atoms with Gasteiger partial charge in [0.15, 0.2) is 11.9 Å². The summed E-state index contributed by atoms with van der Waals surface area (Å²) in [6.45, 7) is 3.31. The van der Waals surface area contributed by atoms with Gasteiger partial charge in [-0.3, -0.25) is 9.69 Å². The Morgan fingerprint density at radius 3 is 2.68 bits per heavy atom. The number of anilines is 1. The maximum absolute atomic E-state index is 12.8. The highest BCUT2D eigenvalue weighted by Gasteiger charge is 2.43. The summed E-state index contributed by atoms with van der Waals surface area (Å²) in [6.07, 6.45) is -0.433. The number of nitro groups is 1. The fraction of sp³-hybridized carbons (Fsp3) is 0.316. The molecule has 1 aromatic heterocycles. The Morgan fingerprint density at radius 1 is 1.32 bits per heavy atom. The lowest BCUT2D eigenvalue weighted by atomic mass is 10.1. The molecule has 1 aliphatic rings. The molecule has 0 N–H and O–H groups in total. The number of rotatable bonds is 6. The van der Waals surface area contributed by atoms with E-state index in [-0.39, 0.29) is 18.2 Å². The van der Waals surface area contributed by atoms with Crippen molar-refractivity contribution in [1.82, 2.24) is 4.98 Å².